The van der Waals surface area contributed by atoms with Gasteiger partial charge in [0, 0.05) is 12.6 Å². The Hall–Kier alpha value is -1.72. The standard InChI is InChI=1S/C10H10F3NO2/c1-14-9(15)16-8(10(11,12)13)7-5-3-2-4-6-7/h2-6,8H,1H3,(H,14,15). The summed E-state index contributed by atoms with van der Waals surface area (Å²) in [4.78, 5) is 10.8. The molecule has 1 unspecified atom stereocenters. The summed E-state index contributed by atoms with van der Waals surface area (Å²) in [7, 11) is 1.20. The molecule has 0 fully saturated rings. The number of benzene rings is 1. The monoisotopic (exact) mass is 233 g/mol. The first-order valence-corrected chi connectivity index (χ1v) is 4.45. The Labute approximate surface area is 90.2 Å². The Morgan fingerprint density at radius 1 is 1.31 bits per heavy atom. The molecule has 0 radical (unpaired) electrons. The maximum Gasteiger partial charge on any atom is 0.429 e. The number of alkyl halides is 3. The number of rotatable bonds is 2. The van der Waals surface area contributed by atoms with Gasteiger partial charge in [-0.3, -0.25) is 0 Å². The van der Waals surface area contributed by atoms with Crippen LogP contribution in [0.1, 0.15) is 11.7 Å². The zero-order chi connectivity index (χ0) is 12.2. The largest absolute Gasteiger partial charge is 0.432 e. The van der Waals surface area contributed by atoms with Crippen LogP contribution in [-0.4, -0.2) is 19.3 Å². The van der Waals surface area contributed by atoms with Gasteiger partial charge in [-0.05, 0) is 0 Å². The highest BCUT2D eigenvalue weighted by Crippen LogP contribution is 2.35. The van der Waals surface area contributed by atoms with Crippen LogP contribution in [0, 0.1) is 0 Å². The second-order valence-electron chi connectivity index (χ2n) is 2.99. The molecule has 6 heteroatoms. The van der Waals surface area contributed by atoms with Crippen LogP contribution in [0.2, 0.25) is 0 Å². The molecule has 1 amide bonds. The first kappa shape index (κ1) is 12.4. The predicted molar refractivity (Wildman–Crippen MR) is 50.8 cm³/mol. The van der Waals surface area contributed by atoms with Gasteiger partial charge in [0.2, 0.25) is 6.10 Å². The Bertz CT molecular complexity index is 351. The number of carbonyl (C=O) groups excluding carboxylic acids is 1. The van der Waals surface area contributed by atoms with E-state index in [1.165, 1.54) is 31.3 Å². The van der Waals surface area contributed by atoms with E-state index in [1.807, 2.05) is 5.32 Å². The summed E-state index contributed by atoms with van der Waals surface area (Å²) in [5.41, 5.74) is -0.112. The topological polar surface area (TPSA) is 38.3 Å². The SMILES string of the molecule is CNC(=O)OC(c1ccccc1)C(F)(F)F. The number of halogens is 3. The van der Waals surface area contributed by atoms with E-state index in [1.54, 1.807) is 6.07 Å². The minimum atomic E-state index is -4.63. The molecule has 0 bridgehead atoms. The van der Waals surface area contributed by atoms with Gasteiger partial charge < -0.3 is 10.1 Å². The Morgan fingerprint density at radius 2 is 1.88 bits per heavy atom. The predicted octanol–water partition coefficient (Wildman–Crippen LogP) is 2.65. The second kappa shape index (κ2) is 4.87. The highest BCUT2D eigenvalue weighted by Gasteiger charge is 2.43. The minimum Gasteiger partial charge on any atom is -0.432 e. The summed E-state index contributed by atoms with van der Waals surface area (Å²) in [6, 6.07) is 6.97. The lowest BCUT2D eigenvalue weighted by atomic mass is 10.1. The van der Waals surface area contributed by atoms with Crippen LogP contribution in [0.3, 0.4) is 0 Å². The van der Waals surface area contributed by atoms with E-state index in [2.05, 4.69) is 4.74 Å². The van der Waals surface area contributed by atoms with Gasteiger partial charge in [-0.25, -0.2) is 4.79 Å². The third kappa shape index (κ3) is 3.15. The molecule has 0 aliphatic carbocycles. The summed E-state index contributed by atoms with van der Waals surface area (Å²) in [5.74, 6) is 0. The van der Waals surface area contributed by atoms with Gasteiger partial charge in [-0.2, -0.15) is 13.2 Å². The molecule has 1 rings (SSSR count). The van der Waals surface area contributed by atoms with Crippen molar-refractivity contribution < 1.29 is 22.7 Å². The number of nitrogens with one attached hydrogen (secondary N) is 1. The van der Waals surface area contributed by atoms with Gasteiger partial charge >= 0.3 is 12.3 Å². The molecule has 0 aliphatic heterocycles. The van der Waals surface area contributed by atoms with Gasteiger partial charge in [0.25, 0.3) is 0 Å². The number of hydrogen-bond donors (Lipinski definition) is 1. The van der Waals surface area contributed by atoms with Gasteiger partial charge in [0.05, 0.1) is 0 Å². The minimum absolute atomic E-state index is 0.112. The van der Waals surface area contributed by atoms with Crippen molar-refractivity contribution in [1.29, 1.82) is 0 Å². The summed E-state index contributed by atoms with van der Waals surface area (Å²) in [6.45, 7) is 0. The van der Waals surface area contributed by atoms with Gasteiger partial charge in [-0.15, -0.1) is 0 Å². The van der Waals surface area contributed by atoms with Crippen LogP contribution >= 0.6 is 0 Å². The third-order valence-electron chi connectivity index (χ3n) is 1.83. The lowest BCUT2D eigenvalue weighted by molar-refractivity contribution is -0.206. The molecule has 1 aromatic carbocycles. The maximum absolute atomic E-state index is 12.6. The van der Waals surface area contributed by atoms with E-state index in [-0.39, 0.29) is 5.56 Å². The zero-order valence-corrected chi connectivity index (χ0v) is 8.41. The van der Waals surface area contributed by atoms with Crippen molar-refractivity contribution >= 4 is 6.09 Å². The fourth-order valence-electron chi connectivity index (χ4n) is 1.12. The quantitative estimate of drug-likeness (QED) is 0.852. The molecule has 0 aliphatic rings. The van der Waals surface area contributed by atoms with Gasteiger partial charge in [0.1, 0.15) is 0 Å². The second-order valence-corrected chi connectivity index (χ2v) is 2.99. The molecular formula is C10H10F3NO2. The van der Waals surface area contributed by atoms with E-state index in [0.717, 1.165) is 0 Å². The fraction of sp³-hybridized carbons (Fsp3) is 0.300. The molecule has 3 nitrogen and oxygen atoms in total. The first-order chi connectivity index (χ1) is 7.45. The van der Waals surface area contributed by atoms with E-state index in [9.17, 15) is 18.0 Å². The number of carbonyl (C=O) groups is 1. The summed E-state index contributed by atoms with van der Waals surface area (Å²) >= 11 is 0. The molecule has 16 heavy (non-hydrogen) atoms. The lowest BCUT2D eigenvalue weighted by Gasteiger charge is -2.20. The van der Waals surface area contributed by atoms with E-state index >= 15 is 0 Å². The van der Waals surface area contributed by atoms with Gasteiger partial charge in [0.15, 0.2) is 0 Å². The Morgan fingerprint density at radius 3 is 2.31 bits per heavy atom. The summed E-state index contributed by atoms with van der Waals surface area (Å²) in [5, 5.41) is 1.98. The maximum atomic E-state index is 12.6. The lowest BCUT2D eigenvalue weighted by Crippen LogP contribution is -2.30. The number of hydrogen-bond acceptors (Lipinski definition) is 2. The van der Waals surface area contributed by atoms with Crippen molar-refractivity contribution in [2.45, 2.75) is 12.3 Å². The number of amides is 1. The van der Waals surface area contributed by atoms with Gasteiger partial charge in [-0.1, -0.05) is 30.3 Å². The van der Waals surface area contributed by atoms with Crippen LogP contribution in [0.4, 0.5) is 18.0 Å². The van der Waals surface area contributed by atoms with Crippen molar-refractivity contribution in [2.75, 3.05) is 7.05 Å². The van der Waals surface area contributed by atoms with Crippen LogP contribution in [0.15, 0.2) is 30.3 Å². The molecule has 88 valence electrons. The van der Waals surface area contributed by atoms with Crippen LogP contribution < -0.4 is 5.32 Å². The van der Waals surface area contributed by atoms with Crippen molar-refractivity contribution in [3.8, 4) is 0 Å². The number of ether oxygens (including phenoxy) is 1. The van der Waals surface area contributed by atoms with Crippen LogP contribution in [0.25, 0.3) is 0 Å². The smallest absolute Gasteiger partial charge is 0.429 e. The van der Waals surface area contributed by atoms with E-state index in [4.69, 9.17) is 0 Å². The molecule has 1 aromatic rings. The molecule has 0 saturated carbocycles. The fourth-order valence-corrected chi connectivity index (χ4v) is 1.12. The van der Waals surface area contributed by atoms with Crippen molar-refractivity contribution in [2.24, 2.45) is 0 Å². The summed E-state index contributed by atoms with van der Waals surface area (Å²) < 4.78 is 42.1. The number of alkyl carbamates (subject to hydrolysis) is 1. The van der Waals surface area contributed by atoms with Crippen molar-refractivity contribution in [1.82, 2.24) is 5.32 Å². The summed E-state index contributed by atoms with van der Waals surface area (Å²) in [6.07, 6.45) is -7.99. The molecule has 0 spiro atoms. The molecule has 0 aromatic heterocycles. The van der Waals surface area contributed by atoms with E-state index < -0.39 is 18.4 Å². The average Bonchev–Trinajstić information content (AvgIpc) is 2.25. The normalized spacial score (nSPS) is 13.0. The molecule has 0 heterocycles. The molecular weight excluding hydrogens is 223 g/mol. The highest BCUT2D eigenvalue weighted by atomic mass is 19.4. The zero-order valence-electron chi connectivity index (χ0n) is 8.41. The first-order valence-electron chi connectivity index (χ1n) is 4.45. The molecule has 1 atom stereocenters. The van der Waals surface area contributed by atoms with Crippen LogP contribution in [-0.2, 0) is 4.74 Å². The Balaban J connectivity index is 2.93. The molecule has 1 N–H and O–H groups in total. The average molecular weight is 233 g/mol. The van der Waals surface area contributed by atoms with Crippen LogP contribution in [0.5, 0.6) is 0 Å². The van der Waals surface area contributed by atoms with Crippen molar-refractivity contribution in [3.63, 3.8) is 0 Å². The Kier molecular flexibility index (Phi) is 3.76. The molecule has 0 saturated heterocycles. The highest BCUT2D eigenvalue weighted by molar-refractivity contribution is 5.67. The third-order valence-corrected chi connectivity index (χ3v) is 1.83. The van der Waals surface area contributed by atoms with Crippen molar-refractivity contribution in [3.05, 3.63) is 35.9 Å². The van der Waals surface area contributed by atoms with E-state index in [0.29, 0.717) is 0 Å².